The minimum absolute atomic E-state index is 0.0938. The molecule has 0 bridgehead atoms. The molecule has 3 N–H and O–H groups in total. The molecule has 2 amide bonds. The number of rotatable bonds is 6. The first-order chi connectivity index (χ1) is 13.5. The van der Waals surface area contributed by atoms with E-state index < -0.39 is 0 Å². The monoisotopic (exact) mass is 373 g/mol. The van der Waals surface area contributed by atoms with Crippen molar-refractivity contribution in [3.63, 3.8) is 0 Å². The fourth-order valence-corrected chi connectivity index (χ4v) is 2.89. The van der Waals surface area contributed by atoms with E-state index in [2.05, 4.69) is 5.32 Å². The van der Waals surface area contributed by atoms with Gasteiger partial charge in [-0.05, 0) is 54.4 Å². The number of carbonyl (C=O) groups excluding carboxylic acids is 2. The molecule has 5 nitrogen and oxygen atoms in total. The first-order valence-electron chi connectivity index (χ1n) is 9.11. The summed E-state index contributed by atoms with van der Waals surface area (Å²) in [7, 11) is 1.74. The molecule has 0 atom stereocenters. The van der Waals surface area contributed by atoms with E-state index in [1.54, 1.807) is 36.2 Å². The van der Waals surface area contributed by atoms with Crippen molar-refractivity contribution in [3.8, 4) is 0 Å². The van der Waals surface area contributed by atoms with E-state index in [1.807, 2.05) is 54.6 Å². The predicted octanol–water partition coefficient (Wildman–Crippen LogP) is 4.12. The molecule has 142 valence electrons. The molecule has 0 saturated carbocycles. The normalized spacial score (nSPS) is 10.3. The molecule has 3 rings (SSSR count). The molecule has 0 heterocycles. The van der Waals surface area contributed by atoms with Gasteiger partial charge in [0.2, 0.25) is 5.91 Å². The lowest BCUT2D eigenvalue weighted by molar-refractivity contribution is -0.116. The lowest BCUT2D eigenvalue weighted by atomic mass is 10.1. The van der Waals surface area contributed by atoms with Crippen molar-refractivity contribution in [1.29, 1.82) is 0 Å². The third-order valence-corrected chi connectivity index (χ3v) is 4.54. The Balaban J connectivity index is 1.57. The van der Waals surface area contributed by atoms with E-state index in [1.165, 1.54) is 0 Å². The number of nitrogens with two attached hydrogens (primary N) is 1. The molecule has 0 aliphatic carbocycles. The summed E-state index contributed by atoms with van der Waals surface area (Å²) in [6.07, 6.45) is 0.919. The number of hydrogen-bond acceptors (Lipinski definition) is 3. The number of nitrogens with zero attached hydrogens (tertiary/aromatic N) is 1. The summed E-state index contributed by atoms with van der Waals surface area (Å²) in [5, 5.41) is 2.85. The Kier molecular flexibility index (Phi) is 6.07. The van der Waals surface area contributed by atoms with Crippen LogP contribution in [0.1, 0.15) is 22.3 Å². The van der Waals surface area contributed by atoms with Crippen molar-refractivity contribution in [1.82, 2.24) is 0 Å². The fourth-order valence-electron chi connectivity index (χ4n) is 2.89. The van der Waals surface area contributed by atoms with Gasteiger partial charge in [-0.2, -0.15) is 0 Å². The van der Waals surface area contributed by atoms with Gasteiger partial charge in [0.15, 0.2) is 0 Å². The van der Waals surface area contributed by atoms with Gasteiger partial charge in [-0.1, -0.05) is 36.4 Å². The van der Waals surface area contributed by atoms with Gasteiger partial charge in [-0.25, -0.2) is 0 Å². The fraction of sp³-hybridized carbons (Fsp3) is 0.130. The number of hydrogen-bond donors (Lipinski definition) is 2. The summed E-state index contributed by atoms with van der Waals surface area (Å²) >= 11 is 0. The van der Waals surface area contributed by atoms with E-state index in [-0.39, 0.29) is 11.8 Å². The van der Waals surface area contributed by atoms with Crippen LogP contribution in [0.25, 0.3) is 0 Å². The number of benzene rings is 3. The molecule has 0 unspecified atom stereocenters. The lowest BCUT2D eigenvalue weighted by Crippen LogP contribution is -2.26. The molecule has 3 aromatic rings. The second-order valence-corrected chi connectivity index (χ2v) is 6.52. The van der Waals surface area contributed by atoms with Crippen LogP contribution < -0.4 is 16.0 Å². The SMILES string of the molecule is CN(C(=O)c1ccc(NC(=O)CCc2ccccc2N)cc1)c1ccccc1. The second-order valence-electron chi connectivity index (χ2n) is 6.52. The van der Waals surface area contributed by atoms with Crippen molar-refractivity contribution < 1.29 is 9.59 Å². The third kappa shape index (κ3) is 4.76. The molecule has 5 heteroatoms. The Morgan fingerprint density at radius 3 is 2.21 bits per heavy atom. The van der Waals surface area contributed by atoms with Crippen LogP contribution in [-0.2, 0) is 11.2 Å². The van der Waals surface area contributed by atoms with E-state index in [9.17, 15) is 9.59 Å². The maximum absolute atomic E-state index is 12.6. The third-order valence-electron chi connectivity index (χ3n) is 4.54. The first-order valence-corrected chi connectivity index (χ1v) is 9.11. The zero-order valence-electron chi connectivity index (χ0n) is 15.8. The maximum Gasteiger partial charge on any atom is 0.258 e. The van der Waals surface area contributed by atoms with Crippen LogP contribution in [0.2, 0.25) is 0 Å². The summed E-state index contributed by atoms with van der Waals surface area (Å²) in [6.45, 7) is 0. The first kappa shape index (κ1) is 19.2. The number of para-hydroxylation sites is 2. The van der Waals surface area contributed by atoms with Gasteiger partial charge in [0.05, 0.1) is 0 Å². The highest BCUT2D eigenvalue weighted by Gasteiger charge is 2.13. The van der Waals surface area contributed by atoms with E-state index in [0.717, 1.165) is 11.3 Å². The van der Waals surface area contributed by atoms with Crippen LogP contribution in [0.4, 0.5) is 17.1 Å². The molecule has 0 spiro atoms. The number of carbonyl (C=O) groups is 2. The molecule has 0 aliphatic rings. The number of nitrogens with one attached hydrogen (secondary N) is 1. The molecule has 0 aromatic heterocycles. The van der Waals surface area contributed by atoms with Gasteiger partial charge >= 0.3 is 0 Å². The Labute approximate surface area is 164 Å². The molecule has 0 saturated heterocycles. The quantitative estimate of drug-likeness (QED) is 0.638. The standard InChI is InChI=1S/C23H23N3O2/c1-26(20-8-3-2-4-9-20)23(28)18-11-14-19(15-12-18)25-22(27)16-13-17-7-5-6-10-21(17)24/h2-12,14-15H,13,16,24H2,1H3,(H,25,27). The Morgan fingerprint density at radius 1 is 0.893 bits per heavy atom. The second kappa shape index (κ2) is 8.86. The van der Waals surface area contributed by atoms with Crippen LogP contribution in [-0.4, -0.2) is 18.9 Å². The zero-order valence-corrected chi connectivity index (χ0v) is 15.8. The number of aryl methyl sites for hydroxylation is 1. The number of anilines is 3. The average molecular weight is 373 g/mol. The summed E-state index contributed by atoms with van der Waals surface area (Å²) in [4.78, 5) is 26.4. The van der Waals surface area contributed by atoms with Crippen LogP contribution >= 0.6 is 0 Å². The predicted molar refractivity (Wildman–Crippen MR) is 113 cm³/mol. The zero-order chi connectivity index (χ0) is 19.9. The minimum atomic E-state index is -0.108. The molecule has 28 heavy (non-hydrogen) atoms. The van der Waals surface area contributed by atoms with E-state index in [4.69, 9.17) is 5.73 Å². The van der Waals surface area contributed by atoms with Crippen molar-refractivity contribution in [2.75, 3.05) is 23.0 Å². The van der Waals surface area contributed by atoms with Crippen molar-refractivity contribution in [3.05, 3.63) is 90.0 Å². The van der Waals surface area contributed by atoms with Crippen LogP contribution in [0, 0.1) is 0 Å². The lowest BCUT2D eigenvalue weighted by Gasteiger charge is -2.17. The highest BCUT2D eigenvalue weighted by molar-refractivity contribution is 6.06. The van der Waals surface area contributed by atoms with E-state index in [0.29, 0.717) is 29.8 Å². The summed E-state index contributed by atoms with van der Waals surface area (Å²) in [5.74, 6) is -0.202. The van der Waals surface area contributed by atoms with Crippen molar-refractivity contribution in [2.24, 2.45) is 0 Å². The molecule has 0 aliphatic heterocycles. The summed E-state index contributed by atoms with van der Waals surface area (Å²) in [6, 6.07) is 23.9. The molecule has 0 fully saturated rings. The maximum atomic E-state index is 12.6. The largest absolute Gasteiger partial charge is 0.399 e. The highest BCUT2D eigenvalue weighted by atomic mass is 16.2. The Bertz CT molecular complexity index is 953. The van der Waals surface area contributed by atoms with Crippen molar-refractivity contribution >= 4 is 28.9 Å². The highest BCUT2D eigenvalue weighted by Crippen LogP contribution is 2.17. The molecular formula is C23H23N3O2. The van der Waals surface area contributed by atoms with Gasteiger partial charge < -0.3 is 16.0 Å². The van der Waals surface area contributed by atoms with E-state index >= 15 is 0 Å². The number of amides is 2. The molecule has 3 aromatic carbocycles. The van der Waals surface area contributed by atoms with Crippen molar-refractivity contribution in [2.45, 2.75) is 12.8 Å². The van der Waals surface area contributed by atoms with Gasteiger partial charge in [-0.3, -0.25) is 9.59 Å². The van der Waals surface area contributed by atoms with Gasteiger partial charge in [0.25, 0.3) is 5.91 Å². The van der Waals surface area contributed by atoms with Crippen LogP contribution in [0.5, 0.6) is 0 Å². The minimum Gasteiger partial charge on any atom is -0.399 e. The number of nitrogen functional groups attached to an aromatic ring is 1. The summed E-state index contributed by atoms with van der Waals surface area (Å²) in [5.41, 5.74) is 9.60. The molecular weight excluding hydrogens is 350 g/mol. The topological polar surface area (TPSA) is 75.4 Å². The van der Waals surface area contributed by atoms with Crippen LogP contribution in [0.15, 0.2) is 78.9 Å². The Morgan fingerprint density at radius 2 is 1.54 bits per heavy atom. The van der Waals surface area contributed by atoms with Gasteiger partial charge in [0, 0.05) is 36.1 Å². The van der Waals surface area contributed by atoms with Crippen LogP contribution in [0.3, 0.4) is 0 Å². The molecule has 0 radical (unpaired) electrons. The summed E-state index contributed by atoms with van der Waals surface area (Å²) < 4.78 is 0. The average Bonchev–Trinajstić information content (AvgIpc) is 2.73. The Hall–Kier alpha value is -3.60. The van der Waals surface area contributed by atoms with Gasteiger partial charge in [0.1, 0.15) is 0 Å². The van der Waals surface area contributed by atoms with Gasteiger partial charge in [-0.15, -0.1) is 0 Å². The smallest absolute Gasteiger partial charge is 0.258 e.